The molecule has 1 aliphatic heterocycles. The molecule has 0 aliphatic carbocycles. The largest absolute Gasteiger partial charge is 0.504 e. The van der Waals surface area contributed by atoms with E-state index in [1.54, 1.807) is 6.08 Å². The quantitative estimate of drug-likeness (QED) is 0.610. The number of aryl methyl sites for hydroxylation is 1. The van der Waals surface area contributed by atoms with Gasteiger partial charge in [-0.2, -0.15) is 0 Å². The highest BCUT2D eigenvalue weighted by atomic mass is 16.6. The minimum Gasteiger partial charge on any atom is -0.504 e. The SMILES string of the molecule is CCCCCCC1=C(O)/C(=C/c2ccccc2C)OC1=O. The Hall–Kier alpha value is -2.03. The summed E-state index contributed by atoms with van der Waals surface area (Å²) in [7, 11) is 0. The second-order valence-corrected chi connectivity index (χ2v) is 5.39. The van der Waals surface area contributed by atoms with Crippen LogP contribution in [-0.4, -0.2) is 11.1 Å². The van der Waals surface area contributed by atoms with E-state index in [2.05, 4.69) is 6.92 Å². The highest BCUT2D eigenvalue weighted by Crippen LogP contribution is 2.29. The molecular weight excluding hydrogens is 264 g/mol. The van der Waals surface area contributed by atoms with Crippen LogP contribution in [0.1, 0.15) is 50.2 Å². The van der Waals surface area contributed by atoms with Gasteiger partial charge in [-0.05, 0) is 37.0 Å². The molecule has 3 heteroatoms. The normalized spacial score (nSPS) is 16.7. The van der Waals surface area contributed by atoms with Crippen molar-refractivity contribution in [1.82, 2.24) is 0 Å². The zero-order chi connectivity index (χ0) is 15.2. The summed E-state index contributed by atoms with van der Waals surface area (Å²) in [5.74, 6) is -0.150. The summed E-state index contributed by atoms with van der Waals surface area (Å²) in [6, 6.07) is 7.79. The molecular formula is C18H22O3. The summed E-state index contributed by atoms with van der Waals surface area (Å²) in [6.45, 7) is 4.12. The number of hydrogen-bond donors (Lipinski definition) is 1. The predicted molar refractivity (Wildman–Crippen MR) is 83.7 cm³/mol. The Kier molecular flexibility index (Phi) is 5.20. The maximum Gasteiger partial charge on any atom is 0.343 e. The molecule has 0 saturated heterocycles. The molecule has 0 amide bonds. The number of esters is 1. The van der Waals surface area contributed by atoms with Crippen molar-refractivity contribution < 1.29 is 14.6 Å². The maximum atomic E-state index is 11.9. The van der Waals surface area contributed by atoms with Gasteiger partial charge < -0.3 is 9.84 Å². The van der Waals surface area contributed by atoms with Crippen molar-refractivity contribution in [2.45, 2.75) is 46.0 Å². The Morgan fingerprint density at radius 3 is 2.67 bits per heavy atom. The average Bonchev–Trinajstić information content (AvgIpc) is 2.73. The molecule has 0 radical (unpaired) electrons. The van der Waals surface area contributed by atoms with Crippen LogP contribution < -0.4 is 0 Å². The maximum absolute atomic E-state index is 11.9. The lowest BCUT2D eigenvalue weighted by Gasteiger charge is -2.01. The summed E-state index contributed by atoms with van der Waals surface area (Å²) < 4.78 is 5.20. The first-order chi connectivity index (χ1) is 10.1. The molecule has 1 aromatic carbocycles. The van der Waals surface area contributed by atoms with Crippen molar-refractivity contribution in [2.75, 3.05) is 0 Å². The number of carbonyl (C=O) groups is 1. The molecule has 2 rings (SSSR count). The number of rotatable bonds is 6. The minimum atomic E-state index is -0.413. The van der Waals surface area contributed by atoms with Crippen molar-refractivity contribution in [3.05, 3.63) is 52.5 Å². The van der Waals surface area contributed by atoms with Gasteiger partial charge in [0.15, 0.2) is 11.5 Å². The molecule has 3 nitrogen and oxygen atoms in total. The van der Waals surface area contributed by atoms with Crippen LogP contribution in [-0.2, 0) is 9.53 Å². The number of aliphatic hydroxyl groups is 1. The van der Waals surface area contributed by atoms with Crippen LogP contribution >= 0.6 is 0 Å². The molecule has 0 unspecified atom stereocenters. The summed E-state index contributed by atoms with van der Waals surface area (Å²) >= 11 is 0. The van der Waals surface area contributed by atoms with E-state index in [4.69, 9.17) is 4.74 Å². The molecule has 21 heavy (non-hydrogen) atoms. The number of aliphatic hydroxyl groups excluding tert-OH is 1. The van der Waals surface area contributed by atoms with Crippen LogP contribution in [0.2, 0.25) is 0 Å². The van der Waals surface area contributed by atoms with Crippen molar-refractivity contribution in [3.63, 3.8) is 0 Å². The van der Waals surface area contributed by atoms with Gasteiger partial charge in [0.25, 0.3) is 0 Å². The van der Waals surface area contributed by atoms with E-state index in [9.17, 15) is 9.90 Å². The lowest BCUT2D eigenvalue weighted by molar-refractivity contribution is -0.133. The van der Waals surface area contributed by atoms with Crippen LogP contribution in [0.5, 0.6) is 0 Å². The first kappa shape index (κ1) is 15.4. The minimum absolute atomic E-state index is 0.000230. The Balaban J connectivity index is 2.14. The van der Waals surface area contributed by atoms with E-state index < -0.39 is 5.97 Å². The third-order valence-corrected chi connectivity index (χ3v) is 3.72. The third kappa shape index (κ3) is 3.75. The third-order valence-electron chi connectivity index (χ3n) is 3.72. The zero-order valence-electron chi connectivity index (χ0n) is 12.7. The lowest BCUT2D eigenvalue weighted by Crippen LogP contribution is -1.99. The summed E-state index contributed by atoms with van der Waals surface area (Å²) in [5.41, 5.74) is 2.43. The smallest absolute Gasteiger partial charge is 0.343 e. The van der Waals surface area contributed by atoms with Gasteiger partial charge in [0.05, 0.1) is 5.57 Å². The van der Waals surface area contributed by atoms with E-state index in [0.29, 0.717) is 12.0 Å². The predicted octanol–water partition coefficient (Wildman–Crippen LogP) is 4.68. The fraction of sp³-hybridized carbons (Fsp3) is 0.389. The van der Waals surface area contributed by atoms with E-state index in [1.807, 2.05) is 31.2 Å². The number of cyclic esters (lactones) is 1. The molecule has 112 valence electrons. The van der Waals surface area contributed by atoms with Crippen molar-refractivity contribution >= 4 is 12.0 Å². The van der Waals surface area contributed by atoms with Gasteiger partial charge in [-0.25, -0.2) is 4.79 Å². The lowest BCUT2D eigenvalue weighted by atomic mass is 10.0. The fourth-order valence-electron chi connectivity index (χ4n) is 2.39. The van der Waals surface area contributed by atoms with Gasteiger partial charge in [0, 0.05) is 0 Å². The number of benzene rings is 1. The van der Waals surface area contributed by atoms with Crippen molar-refractivity contribution in [2.24, 2.45) is 0 Å². The summed E-state index contributed by atoms with van der Waals surface area (Å²) in [6.07, 6.45) is 6.57. The highest BCUT2D eigenvalue weighted by Gasteiger charge is 2.29. The highest BCUT2D eigenvalue weighted by molar-refractivity contribution is 5.94. The van der Waals surface area contributed by atoms with Gasteiger partial charge in [-0.3, -0.25) is 0 Å². The van der Waals surface area contributed by atoms with E-state index in [-0.39, 0.29) is 11.5 Å². The Morgan fingerprint density at radius 1 is 1.19 bits per heavy atom. The number of carbonyl (C=O) groups excluding carboxylic acids is 1. The molecule has 1 aliphatic rings. The number of unbranched alkanes of at least 4 members (excludes halogenated alkanes) is 3. The molecule has 0 atom stereocenters. The topological polar surface area (TPSA) is 46.5 Å². The second kappa shape index (κ2) is 7.11. The van der Waals surface area contributed by atoms with Crippen LogP contribution in [0.4, 0.5) is 0 Å². The molecule has 0 bridgehead atoms. The first-order valence-corrected chi connectivity index (χ1v) is 7.55. The Bertz CT molecular complexity index is 582. The number of hydrogen-bond acceptors (Lipinski definition) is 3. The molecule has 1 N–H and O–H groups in total. The summed E-state index contributed by atoms with van der Waals surface area (Å²) in [5, 5.41) is 10.2. The first-order valence-electron chi connectivity index (χ1n) is 7.55. The van der Waals surface area contributed by atoms with E-state index in [1.165, 1.54) is 0 Å². The molecule has 0 saturated carbocycles. The van der Waals surface area contributed by atoms with Gasteiger partial charge in [-0.15, -0.1) is 0 Å². The van der Waals surface area contributed by atoms with Crippen LogP contribution in [0.3, 0.4) is 0 Å². The average molecular weight is 286 g/mol. The van der Waals surface area contributed by atoms with Gasteiger partial charge in [-0.1, -0.05) is 50.5 Å². The Labute approximate surface area is 125 Å². The molecule has 0 fully saturated rings. The van der Waals surface area contributed by atoms with Gasteiger partial charge in [0.1, 0.15) is 0 Å². The van der Waals surface area contributed by atoms with Crippen molar-refractivity contribution in [1.29, 1.82) is 0 Å². The molecule has 0 aromatic heterocycles. The van der Waals surface area contributed by atoms with Crippen LogP contribution in [0.15, 0.2) is 41.4 Å². The van der Waals surface area contributed by atoms with Crippen LogP contribution in [0.25, 0.3) is 6.08 Å². The van der Waals surface area contributed by atoms with E-state index >= 15 is 0 Å². The van der Waals surface area contributed by atoms with Gasteiger partial charge in [0.2, 0.25) is 0 Å². The Morgan fingerprint density at radius 2 is 1.95 bits per heavy atom. The molecule has 0 spiro atoms. The molecule has 1 heterocycles. The molecule has 1 aromatic rings. The summed E-state index contributed by atoms with van der Waals surface area (Å²) in [4.78, 5) is 11.9. The zero-order valence-corrected chi connectivity index (χ0v) is 12.7. The van der Waals surface area contributed by atoms with Crippen LogP contribution in [0, 0.1) is 6.92 Å². The number of ether oxygens (including phenoxy) is 1. The monoisotopic (exact) mass is 286 g/mol. The fourth-order valence-corrected chi connectivity index (χ4v) is 2.39. The second-order valence-electron chi connectivity index (χ2n) is 5.39. The van der Waals surface area contributed by atoms with Gasteiger partial charge >= 0.3 is 5.97 Å². The van der Waals surface area contributed by atoms with E-state index in [0.717, 1.165) is 36.8 Å². The van der Waals surface area contributed by atoms with Crippen molar-refractivity contribution in [3.8, 4) is 0 Å². The standard InChI is InChI=1S/C18H22O3/c1-3-4-5-6-11-15-17(19)16(21-18(15)20)12-14-10-8-7-9-13(14)2/h7-10,12,19H,3-6,11H2,1-2H3/b16-12-.